The van der Waals surface area contributed by atoms with E-state index in [0.717, 1.165) is 0 Å². The molecule has 0 aliphatic carbocycles. The molecule has 2 rings (SSSR count). The van der Waals surface area contributed by atoms with Gasteiger partial charge in [-0.05, 0) is 41.1 Å². The Morgan fingerprint density at radius 1 is 1.32 bits per heavy atom. The summed E-state index contributed by atoms with van der Waals surface area (Å²) in [5.74, 6) is -0.0366. The van der Waals surface area contributed by atoms with Crippen molar-refractivity contribution in [1.29, 1.82) is 0 Å². The van der Waals surface area contributed by atoms with Crippen molar-refractivity contribution in [1.82, 2.24) is 5.32 Å². The second-order valence-electron chi connectivity index (χ2n) is 4.08. The van der Waals surface area contributed by atoms with Gasteiger partial charge in [0.1, 0.15) is 0 Å². The first kappa shape index (κ1) is 13.6. The topological polar surface area (TPSA) is 72.5 Å². The minimum atomic E-state index is -0.364. The maximum absolute atomic E-state index is 11.8. The first-order chi connectivity index (χ1) is 9.08. The largest absolute Gasteiger partial charge is 0.461 e. The number of furan rings is 2. The molecule has 19 heavy (non-hydrogen) atoms. The molecule has 0 bridgehead atoms. The summed E-state index contributed by atoms with van der Waals surface area (Å²) in [5.41, 5.74) is 0. The van der Waals surface area contributed by atoms with Crippen molar-refractivity contribution in [2.24, 2.45) is 0 Å². The monoisotopic (exact) mass is 325 g/mol. The zero-order valence-corrected chi connectivity index (χ0v) is 11.8. The number of amides is 1. The van der Waals surface area contributed by atoms with Gasteiger partial charge in [-0.1, -0.05) is 0 Å². The molecule has 6 heteroatoms. The molecule has 1 atom stereocenters. The minimum absolute atomic E-state index is 0.156. The quantitative estimate of drug-likeness (QED) is 0.857. The number of ketones is 1. The Morgan fingerprint density at radius 3 is 2.68 bits per heavy atom. The number of halogens is 1. The molecule has 0 aliphatic heterocycles. The van der Waals surface area contributed by atoms with Crippen LogP contribution in [0.2, 0.25) is 0 Å². The molecule has 0 unspecified atom stereocenters. The summed E-state index contributed by atoms with van der Waals surface area (Å²) in [7, 11) is 0. The van der Waals surface area contributed by atoms with Gasteiger partial charge in [0, 0.05) is 12.5 Å². The summed E-state index contributed by atoms with van der Waals surface area (Å²) >= 11 is 3.20. The molecule has 2 aromatic heterocycles. The SMILES string of the molecule is C[C@@H](CC(=O)c1ccco1)NC(=O)c1occc1Br. The van der Waals surface area contributed by atoms with Crippen molar-refractivity contribution in [2.45, 2.75) is 19.4 Å². The predicted octanol–water partition coefficient (Wildman–Crippen LogP) is 3.03. The van der Waals surface area contributed by atoms with Crippen LogP contribution in [0.25, 0.3) is 0 Å². The van der Waals surface area contributed by atoms with Crippen LogP contribution in [0, 0.1) is 0 Å². The Labute approximate surface area is 118 Å². The van der Waals surface area contributed by atoms with Crippen LogP contribution < -0.4 is 5.32 Å². The van der Waals surface area contributed by atoms with Gasteiger partial charge in [0.15, 0.2) is 11.5 Å². The Kier molecular flexibility index (Phi) is 4.21. The number of nitrogens with one attached hydrogen (secondary N) is 1. The zero-order chi connectivity index (χ0) is 13.8. The molecule has 0 fully saturated rings. The number of rotatable bonds is 5. The third kappa shape index (κ3) is 3.35. The van der Waals surface area contributed by atoms with Gasteiger partial charge in [-0.3, -0.25) is 9.59 Å². The van der Waals surface area contributed by atoms with E-state index in [4.69, 9.17) is 8.83 Å². The molecule has 0 spiro atoms. The summed E-state index contributed by atoms with van der Waals surface area (Å²) < 4.78 is 10.6. The lowest BCUT2D eigenvalue weighted by Gasteiger charge is -2.11. The van der Waals surface area contributed by atoms with E-state index in [9.17, 15) is 9.59 Å². The van der Waals surface area contributed by atoms with E-state index in [2.05, 4.69) is 21.2 Å². The molecule has 1 amide bonds. The van der Waals surface area contributed by atoms with Crippen molar-refractivity contribution in [2.75, 3.05) is 0 Å². The van der Waals surface area contributed by atoms with Crippen LogP contribution in [0.1, 0.15) is 34.5 Å². The third-order valence-electron chi connectivity index (χ3n) is 2.49. The van der Waals surface area contributed by atoms with Crippen molar-refractivity contribution >= 4 is 27.6 Å². The molecule has 0 aromatic carbocycles. The number of hydrogen-bond acceptors (Lipinski definition) is 4. The van der Waals surface area contributed by atoms with Crippen molar-refractivity contribution in [3.8, 4) is 0 Å². The van der Waals surface area contributed by atoms with Crippen LogP contribution in [0.5, 0.6) is 0 Å². The summed E-state index contributed by atoms with van der Waals surface area (Å²) in [6.45, 7) is 1.75. The average Bonchev–Trinajstić information content (AvgIpc) is 2.98. The van der Waals surface area contributed by atoms with Crippen LogP contribution >= 0.6 is 15.9 Å². The number of Topliss-reactive ketones (excluding diaryl/α,β-unsaturated/α-hetero) is 1. The van der Waals surface area contributed by atoms with Crippen molar-refractivity contribution < 1.29 is 18.4 Å². The van der Waals surface area contributed by atoms with Crippen LogP contribution in [-0.4, -0.2) is 17.7 Å². The highest BCUT2D eigenvalue weighted by atomic mass is 79.9. The zero-order valence-electron chi connectivity index (χ0n) is 10.2. The van der Waals surface area contributed by atoms with E-state index in [1.807, 2.05) is 0 Å². The predicted molar refractivity (Wildman–Crippen MR) is 71.0 cm³/mol. The average molecular weight is 326 g/mol. The van der Waals surface area contributed by atoms with Gasteiger partial charge in [-0.15, -0.1) is 0 Å². The summed E-state index contributed by atoms with van der Waals surface area (Å²) in [5, 5.41) is 2.69. The first-order valence-corrected chi connectivity index (χ1v) is 6.48. The number of carbonyl (C=O) groups is 2. The number of carbonyl (C=O) groups excluding carboxylic acids is 2. The first-order valence-electron chi connectivity index (χ1n) is 5.68. The fraction of sp³-hybridized carbons (Fsp3) is 0.231. The summed E-state index contributed by atoms with van der Waals surface area (Å²) in [4.78, 5) is 23.6. The molecule has 5 nitrogen and oxygen atoms in total. The highest BCUT2D eigenvalue weighted by molar-refractivity contribution is 9.10. The molecular weight excluding hydrogens is 314 g/mol. The Balaban J connectivity index is 1.91. The maximum Gasteiger partial charge on any atom is 0.288 e. The highest BCUT2D eigenvalue weighted by Crippen LogP contribution is 2.17. The lowest BCUT2D eigenvalue weighted by Crippen LogP contribution is -2.34. The van der Waals surface area contributed by atoms with Crippen LogP contribution in [0.3, 0.4) is 0 Å². The van der Waals surface area contributed by atoms with Crippen LogP contribution in [0.4, 0.5) is 0 Å². The molecule has 2 aromatic rings. The van der Waals surface area contributed by atoms with E-state index in [-0.39, 0.29) is 29.9 Å². The third-order valence-corrected chi connectivity index (χ3v) is 3.11. The second-order valence-corrected chi connectivity index (χ2v) is 4.93. The van der Waals surface area contributed by atoms with Gasteiger partial charge >= 0.3 is 0 Å². The smallest absolute Gasteiger partial charge is 0.288 e. The van der Waals surface area contributed by atoms with Crippen LogP contribution in [0.15, 0.2) is 44.0 Å². The molecule has 0 saturated heterocycles. The van der Waals surface area contributed by atoms with Gasteiger partial charge in [-0.25, -0.2) is 0 Å². The fourth-order valence-corrected chi connectivity index (χ4v) is 1.99. The van der Waals surface area contributed by atoms with Gasteiger partial charge < -0.3 is 14.2 Å². The van der Waals surface area contributed by atoms with Crippen molar-refractivity contribution in [3.05, 3.63) is 46.7 Å². The summed E-state index contributed by atoms with van der Waals surface area (Å²) in [6, 6.07) is 4.56. The second kappa shape index (κ2) is 5.88. The van der Waals surface area contributed by atoms with Gasteiger partial charge in [-0.2, -0.15) is 0 Å². The van der Waals surface area contributed by atoms with Gasteiger partial charge in [0.2, 0.25) is 5.76 Å². The Bertz CT molecular complexity index is 573. The van der Waals surface area contributed by atoms with Crippen LogP contribution in [-0.2, 0) is 0 Å². The van der Waals surface area contributed by atoms with E-state index < -0.39 is 0 Å². The van der Waals surface area contributed by atoms with E-state index in [0.29, 0.717) is 10.2 Å². The fourth-order valence-electron chi connectivity index (χ4n) is 1.61. The summed E-state index contributed by atoms with van der Waals surface area (Å²) in [6.07, 6.45) is 3.02. The molecule has 100 valence electrons. The van der Waals surface area contributed by atoms with Gasteiger partial charge in [0.25, 0.3) is 5.91 Å². The normalized spacial score (nSPS) is 12.1. The van der Waals surface area contributed by atoms with E-state index >= 15 is 0 Å². The van der Waals surface area contributed by atoms with E-state index in [1.165, 1.54) is 12.5 Å². The molecule has 1 N–H and O–H groups in total. The van der Waals surface area contributed by atoms with E-state index in [1.54, 1.807) is 25.1 Å². The molecule has 2 heterocycles. The molecule has 0 radical (unpaired) electrons. The minimum Gasteiger partial charge on any atom is -0.461 e. The maximum atomic E-state index is 11.8. The van der Waals surface area contributed by atoms with Crippen molar-refractivity contribution in [3.63, 3.8) is 0 Å². The van der Waals surface area contributed by atoms with Gasteiger partial charge in [0.05, 0.1) is 17.0 Å². The molecule has 0 aliphatic rings. The lowest BCUT2D eigenvalue weighted by atomic mass is 10.1. The molecular formula is C13H12BrNO4. The highest BCUT2D eigenvalue weighted by Gasteiger charge is 2.19. The molecule has 0 saturated carbocycles. The Hall–Kier alpha value is -1.82. The number of hydrogen-bond donors (Lipinski definition) is 1. The standard InChI is InChI=1S/C13H12BrNO4/c1-8(7-10(16)11-3-2-5-18-11)15-13(17)12-9(14)4-6-19-12/h2-6,8H,7H2,1H3,(H,15,17)/t8-/m0/s1. The Morgan fingerprint density at radius 2 is 2.11 bits per heavy atom. The lowest BCUT2D eigenvalue weighted by molar-refractivity contribution is 0.0888.